The average molecular weight is 261 g/mol. The predicted molar refractivity (Wildman–Crippen MR) is 72.2 cm³/mol. The third-order valence-electron chi connectivity index (χ3n) is 3.36. The third kappa shape index (κ3) is 3.41. The van der Waals surface area contributed by atoms with Gasteiger partial charge in [-0.15, -0.1) is 0 Å². The Morgan fingerprint density at radius 3 is 2.84 bits per heavy atom. The maximum absolute atomic E-state index is 12.1. The maximum Gasteiger partial charge on any atom is 0.292 e. The molecule has 0 radical (unpaired) electrons. The van der Waals surface area contributed by atoms with Gasteiger partial charge >= 0.3 is 0 Å². The van der Waals surface area contributed by atoms with E-state index in [-0.39, 0.29) is 6.10 Å². The first-order valence-electron chi connectivity index (χ1n) is 6.59. The van der Waals surface area contributed by atoms with Gasteiger partial charge in [0.15, 0.2) is 0 Å². The van der Waals surface area contributed by atoms with Crippen molar-refractivity contribution < 1.29 is 14.3 Å². The molecule has 1 saturated heterocycles. The summed E-state index contributed by atoms with van der Waals surface area (Å²) in [7, 11) is 0. The van der Waals surface area contributed by atoms with Crippen LogP contribution in [0.5, 0.6) is 0 Å². The summed E-state index contributed by atoms with van der Waals surface area (Å²) in [6.07, 6.45) is 2.01. The molecular weight excluding hydrogens is 242 g/mol. The normalized spacial score (nSPS) is 18.3. The molecule has 0 saturated carbocycles. The number of benzene rings is 1. The molecule has 1 atom stereocenters. The highest BCUT2D eigenvalue weighted by Gasteiger charge is 2.21. The molecular formula is C15H19NO3. The van der Waals surface area contributed by atoms with E-state index in [4.69, 9.17) is 4.74 Å². The molecule has 1 heterocycles. The van der Waals surface area contributed by atoms with Gasteiger partial charge in [0.1, 0.15) is 0 Å². The molecule has 1 aromatic rings. The van der Waals surface area contributed by atoms with Crippen LogP contribution < -0.4 is 5.32 Å². The van der Waals surface area contributed by atoms with E-state index in [9.17, 15) is 9.59 Å². The number of nitrogens with one attached hydrogen (secondary N) is 1. The monoisotopic (exact) mass is 261 g/mol. The summed E-state index contributed by atoms with van der Waals surface area (Å²) in [4.78, 5) is 23.9. The van der Waals surface area contributed by atoms with Crippen LogP contribution in [0.2, 0.25) is 0 Å². The Balaban J connectivity index is 1.98. The van der Waals surface area contributed by atoms with E-state index in [2.05, 4.69) is 5.32 Å². The number of Topliss-reactive ketones (excluding diaryl/α,β-unsaturated/α-hetero) is 1. The summed E-state index contributed by atoms with van der Waals surface area (Å²) in [5, 5.41) is 2.66. The lowest BCUT2D eigenvalue weighted by molar-refractivity contribution is -0.117. The molecule has 2 rings (SSSR count). The summed E-state index contributed by atoms with van der Waals surface area (Å²) in [5.41, 5.74) is 2.27. The van der Waals surface area contributed by atoms with Crippen LogP contribution in [0, 0.1) is 13.8 Å². The van der Waals surface area contributed by atoms with Crippen molar-refractivity contribution in [3.8, 4) is 0 Å². The second kappa shape index (κ2) is 5.97. The summed E-state index contributed by atoms with van der Waals surface area (Å²) >= 11 is 0. The van der Waals surface area contributed by atoms with Crippen molar-refractivity contribution in [3.05, 3.63) is 34.9 Å². The molecule has 0 aliphatic carbocycles. The third-order valence-corrected chi connectivity index (χ3v) is 3.36. The van der Waals surface area contributed by atoms with Crippen LogP contribution in [0.3, 0.4) is 0 Å². The zero-order valence-electron chi connectivity index (χ0n) is 11.4. The highest BCUT2D eigenvalue weighted by atomic mass is 16.5. The lowest BCUT2D eigenvalue weighted by Gasteiger charge is -2.11. The number of carbonyl (C=O) groups is 2. The van der Waals surface area contributed by atoms with E-state index in [1.807, 2.05) is 26.0 Å². The molecule has 1 N–H and O–H groups in total. The molecule has 4 heteroatoms. The minimum absolute atomic E-state index is 0.0513. The van der Waals surface area contributed by atoms with Crippen LogP contribution in [-0.4, -0.2) is 30.9 Å². The fraction of sp³-hybridized carbons (Fsp3) is 0.467. The van der Waals surface area contributed by atoms with Gasteiger partial charge < -0.3 is 10.1 Å². The van der Waals surface area contributed by atoms with Crippen molar-refractivity contribution in [2.75, 3.05) is 13.2 Å². The second-order valence-electron chi connectivity index (χ2n) is 4.99. The van der Waals surface area contributed by atoms with E-state index in [0.717, 1.165) is 30.6 Å². The zero-order valence-corrected chi connectivity index (χ0v) is 11.4. The van der Waals surface area contributed by atoms with Gasteiger partial charge in [-0.25, -0.2) is 0 Å². The first kappa shape index (κ1) is 13.7. The number of carbonyl (C=O) groups excluding carboxylic acids is 2. The molecule has 1 fully saturated rings. The van der Waals surface area contributed by atoms with Crippen LogP contribution in [0.25, 0.3) is 0 Å². The van der Waals surface area contributed by atoms with Gasteiger partial charge in [-0.05, 0) is 38.3 Å². The summed E-state index contributed by atoms with van der Waals surface area (Å²) in [6, 6.07) is 5.54. The topological polar surface area (TPSA) is 55.4 Å². The highest BCUT2D eigenvalue weighted by molar-refractivity contribution is 6.43. The molecule has 0 bridgehead atoms. The minimum atomic E-state index is -0.552. The smallest absolute Gasteiger partial charge is 0.292 e. The quantitative estimate of drug-likeness (QED) is 0.664. The van der Waals surface area contributed by atoms with Crippen molar-refractivity contribution in [1.82, 2.24) is 5.32 Å². The van der Waals surface area contributed by atoms with Crippen LogP contribution >= 0.6 is 0 Å². The predicted octanol–water partition coefficient (Wildman–Crippen LogP) is 1.78. The number of amides is 1. The summed E-state index contributed by atoms with van der Waals surface area (Å²) in [5.74, 6) is -1.02. The van der Waals surface area contributed by atoms with Gasteiger partial charge in [-0.3, -0.25) is 9.59 Å². The van der Waals surface area contributed by atoms with Gasteiger partial charge in [0.25, 0.3) is 5.91 Å². The maximum atomic E-state index is 12.1. The van der Waals surface area contributed by atoms with Crippen molar-refractivity contribution in [2.45, 2.75) is 32.8 Å². The standard InChI is InChI=1S/C15H19NO3/c1-10-5-6-11(2)13(8-10)14(17)15(18)16-9-12-4-3-7-19-12/h5-6,8,12H,3-4,7,9H2,1-2H3,(H,16,18). The van der Waals surface area contributed by atoms with Crippen LogP contribution in [-0.2, 0) is 9.53 Å². The molecule has 1 aliphatic rings. The molecule has 1 amide bonds. The van der Waals surface area contributed by atoms with E-state index in [1.165, 1.54) is 0 Å². The largest absolute Gasteiger partial charge is 0.376 e. The molecule has 1 aromatic carbocycles. The Kier molecular flexibility index (Phi) is 4.32. The van der Waals surface area contributed by atoms with Crippen molar-refractivity contribution in [2.24, 2.45) is 0 Å². The summed E-state index contributed by atoms with van der Waals surface area (Å²) in [6.45, 7) is 4.89. The molecule has 102 valence electrons. The fourth-order valence-electron chi connectivity index (χ4n) is 2.19. The Morgan fingerprint density at radius 2 is 2.16 bits per heavy atom. The van der Waals surface area contributed by atoms with E-state index < -0.39 is 11.7 Å². The summed E-state index contributed by atoms with van der Waals surface area (Å²) < 4.78 is 5.41. The molecule has 0 aromatic heterocycles. The first-order valence-corrected chi connectivity index (χ1v) is 6.59. The zero-order chi connectivity index (χ0) is 13.8. The molecule has 0 spiro atoms. The van der Waals surface area contributed by atoms with Gasteiger partial charge in [-0.2, -0.15) is 0 Å². The minimum Gasteiger partial charge on any atom is -0.376 e. The first-order chi connectivity index (χ1) is 9.08. The molecule has 1 aliphatic heterocycles. The van der Waals surface area contributed by atoms with Gasteiger partial charge in [-0.1, -0.05) is 17.7 Å². The molecule has 1 unspecified atom stereocenters. The van der Waals surface area contributed by atoms with Crippen LogP contribution in [0.15, 0.2) is 18.2 Å². The average Bonchev–Trinajstić information content (AvgIpc) is 2.91. The van der Waals surface area contributed by atoms with Gasteiger partial charge in [0.05, 0.1) is 6.10 Å². The second-order valence-corrected chi connectivity index (χ2v) is 4.99. The Bertz CT molecular complexity index is 490. The number of aryl methyl sites for hydroxylation is 2. The number of hydrogen-bond acceptors (Lipinski definition) is 3. The van der Waals surface area contributed by atoms with Crippen molar-refractivity contribution in [1.29, 1.82) is 0 Å². The Labute approximate surface area is 113 Å². The lowest BCUT2D eigenvalue weighted by atomic mass is 10.0. The number of hydrogen-bond donors (Lipinski definition) is 1. The Morgan fingerprint density at radius 1 is 1.37 bits per heavy atom. The van der Waals surface area contributed by atoms with Gasteiger partial charge in [0.2, 0.25) is 5.78 Å². The number of ketones is 1. The fourth-order valence-corrected chi connectivity index (χ4v) is 2.19. The highest BCUT2D eigenvalue weighted by Crippen LogP contribution is 2.13. The van der Waals surface area contributed by atoms with E-state index >= 15 is 0 Å². The van der Waals surface area contributed by atoms with Crippen molar-refractivity contribution >= 4 is 11.7 Å². The van der Waals surface area contributed by atoms with Crippen LogP contribution in [0.4, 0.5) is 0 Å². The van der Waals surface area contributed by atoms with E-state index in [0.29, 0.717) is 12.1 Å². The van der Waals surface area contributed by atoms with Crippen molar-refractivity contribution in [3.63, 3.8) is 0 Å². The number of ether oxygens (including phenoxy) is 1. The van der Waals surface area contributed by atoms with Crippen LogP contribution in [0.1, 0.15) is 34.3 Å². The lowest BCUT2D eigenvalue weighted by Crippen LogP contribution is -2.36. The number of rotatable bonds is 4. The van der Waals surface area contributed by atoms with Gasteiger partial charge in [0, 0.05) is 18.7 Å². The Hall–Kier alpha value is -1.68. The SMILES string of the molecule is Cc1ccc(C)c(C(=O)C(=O)NCC2CCCO2)c1. The molecule has 19 heavy (non-hydrogen) atoms. The van der Waals surface area contributed by atoms with E-state index in [1.54, 1.807) is 6.07 Å². The molecule has 4 nitrogen and oxygen atoms in total.